The molecule has 4 N–H and O–H groups in total. The van der Waals surface area contributed by atoms with Gasteiger partial charge in [0, 0.05) is 18.7 Å². The summed E-state index contributed by atoms with van der Waals surface area (Å²) in [7, 11) is 0. The summed E-state index contributed by atoms with van der Waals surface area (Å²) >= 11 is 0. The van der Waals surface area contributed by atoms with Gasteiger partial charge in [-0.15, -0.1) is 0 Å². The first-order valence-electron chi connectivity index (χ1n) is 13.2. The number of hydrogen-bond acceptors (Lipinski definition) is 4. The Morgan fingerprint density at radius 3 is 2.39 bits per heavy atom. The highest BCUT2D eigenvalue weighted by Gasteiger charge is 2.42. The van der Waals surface area contributed by atoms with Crippen LogP contribution in [0.15, 0.2) is 12.2 Å². The highest BCUT2D eigenvalue weighted by Crippen LogP contribution is 2.31. The van der Waals surface area contributed by atoms with Crippen LogP contribution in [0.25, 0.3) is 0 Å². The maximum absolute atomic E-state index is 13.4. The number of rotatable bonds is 12. The molecule has 0 aromatic carbocycles. The van der Waals surface area contributed by atoms with Gasteiger partial charge < -0.3 is 21.3 Å². The summed E-state index contributed by atoms with van der Waals surface area (Å²) in [5, 5.41) is 5.93. The number of unbranched alkanes of at least 4 members (excludes halogenated alkanes) is 1. The van der Waals surface area contributed by atoms with Gasteiger partial charge in [-0.2, -0.15) is 0 Å². The van der Waals surface area contributed by atoms with Crippen molar-refractivity contribution in [1.29, 1.82) is 0 Å². The lowest BCUT2D eigenvalue weighted by molar-refractivity contribution is -0.140. The normalized spacial score (nSPS) is 23.1. The van der Waals surface area contributed by atoms with Crippen molar-refractivity contribution in [1.82, 2.24) is 15.5 Å². The molecule has 0 aromatic heterocycles. The number of nitrogens with zero attached hydrogens (tertiary/aromatic N) is 1. The molecule has 3 unspecified atom stereocenters. The summed E-state index contributed by atoms with van der Waals surface area (Å²) in [6, 6.07) is -1.51. The van der Waals surface area contributed by atoms with Crippen LogP contribution in [0.2, 0.25) is 0 Å². The van der Waals surface area contributed by atoms with Crippen molar-refractivity contribution >= 4 is 17.7 Å². The Balaban J connectivity index is 2.08. The molecule has 33 heavy (non-hydrogen) atoms. The van der Waals surface area contributed by atoms with Crippen molar-refractivity contribution < 1.29 is 14.4 Å². The molecule has 4 atom stereocenters. The second-order valence-electron chi connectivity index (χ2n) is 9.92. The molecule has 0 aromatic rings. The van der Waals surface area contributed by atoms with Crippen molar-refractivity contribution in [2.45, 2.75) is 110 Å². The third-order valence-corrected chi connectivity index (χ3v) is 7.42. The topological polar surface area (TPSA) is 105 Å². The number of likely N-dealkylation sites (tertiary alicyclic amines) is 1. The fraction of sp³-hybridized carbons (Fsp3) is 0.808. The summed E-state index contributed by atoms with van der Waals surface area (Å²) < 4.78 is 0. The van der Waals surface area contributed by atoms with Crippen molar-refractivity contribution in [2.75, 3.05) is 13.1 Å². The summed E-state index contributed by atoms with van der Waals surface area (Å²) in [5.41, 5.74) is 6.80. The van der Waals surface area contributed by atoms with Crippen LogP contribution in [-0.2, 0) is 14.4 Å². The molecule has 2 rings (SSSR count). The van der Waals surface area contributed by atoms with Gasteiger partial charge in [0.15, 0.2) is 0 Å². The van der Waals surface area contributed by atoms with Crippen LogP contribution in [0, 0.1) is 11.8 Å². The molecule has 3 amide bonds. The molecular weight excluding hydrogens is 416 g/mol. The third kappa shape index (κ3) is 7.56. The van der Waals surface area contributed by atoms with E-state index in [1.54, 1.807) is 4.90 Å². The highest BCUT2D eigenvalue weighted by atomic mass is 16.2. The Bertz CT molecular complexity index is 674. The van der Waals surface area contributed by atoms with Crippen LogP contribution in [0.3, 0.4) is 0 Å². The number of amides is 3. The molecule has 1 aliphatic heterocycles. The summed E-state index contributed by atoms with van der Waals surface area (Å²) in [6.07, 6.45) is 10.3. The fourth-order valence-corrected chi connectivity index (χ4v) is 5.14. The van der Waals surface area contributed by atoms with Crippen LogP contribution in [0.4, 0.5) is 0 Å². The zero-order valence-corrected chi connectivity index (χ0v) is 21.0. The van der Waals surface area contributed by atoms with E-state index in [2.05, 4.69) is 31.1 Å². The van der Waals surface area contributed by atoms with Crippen LogP contribution in [0.1, 0.15) is 91.4 Å². The number of nitrogens with two attached hydrogens (primary N) is 1. The molecule has 0 radical (unpaired) electrons. The third-order valence-electron chi connectivity index (χ3n) is 7.42. The highest BCUT2D eigenvalue weighted by molar-refractivity contribution is 5.96. The van der Waals surface area contributed by atoms with Crippen molar-refractivity contribution in [3.05, 3.63) is 12.2 Å². The van der Waals surface area contributed by atoms with Crippen LogP contribution in [-0.4, -0.2) is 53.8 Å². The lowest BCUT2D eigenvalue weighted by Crippen LogP contribution is -2.55. The molecular formula is C26H46N4O3. The summed E-state index contributed by atoms with van der Waals surface area (Å²) in [6.45, 7) is 11.3. The number of nitrogens with one attached hydrogen (secondary N) is 2. The second kappa shape index (κ2) is 13.7. The molecule has 1 saturated heterocycles. The van der Waals surface area contributed by atoms with Gasteiger partial charge in [0.25, 0.3) is 0 Å². The number of carbonyl (C=O) groups is 3. The van der Waals surface area contributed by atoms with Gasteiger partial charge in [-0.3, -0.25) is 14.4 Å². The Morgan fingerprint density at radius 2 is 1.79 bits per heavy atom. The molecule has 2 fully saturated rings. The minimum atomic E-state index is -0.540. The van der Waals surface area contributed by atoms with Gasteiger partial charge in [0.2, 0.25) is 17.7 Å². The van der Waals surface area contributed by atoms with Gasteiger partial charge in [-0.1, -0.05) is 65.9 Å². The van der Waals surface area contributed by atoms with E-state index in [1.165, 1.54) is 6.42 Å². The maximum Gasteiger partial charge on any atom is 0.248 e. The van der Waals surface area contributed by atoms with Crippen LogP contribution >= 0.6 is 0 Å². The van der Waals surface area contributed by atoms with Crippen LogP contribution < -0.4 is 16.4 Å². The Hall–Kier alpha value is -1.89. The number of hydrogen-bond donors (Lipinski definition) is 3. The monoisotopic (exact) mass is 462 g/mol. The molecule has 1 saturated carbocycles. The Labute approximate surface area is 200 Å². The smallest absolute Gasteiger partial charge is 0.248 e. The minimum Gasteiger partial charge on any atom is -0.352 e. The van der Waals surface area contributed by atoms with Gasteiger partial charge in [-0.25, -0.2) is 0 Å². The summed E-state index contributed by atoms with van der Waals surface area (Å²) in [5.74, 6) is -0.0203. The molecule has 7 heteroatoms. The quantitative estimate of drug-likeness (QED) is 0.306. The fourth-order valence-electron chi connectivity index (χ4n) is 5.14. The molecule has 2 aliphatic rings. The van der Waals surface area contributed by atoms with E-state index in [1.807, 2.05) is 6.92 Å². The lowest BCUT2D eigenvalue weighted by Gasteiger charge is -2.32. The average molecular weight is 463 g/mol. The zero-order valence-electron chi connectivity index (χ0n) is 21.0. The van der Waals surface area contributed by atoms with E-state index in [0.717, 1.165) is 51.4 Å². The zero-order chi connectivity index (χ0) is 24.4. The molecule has 1 heterocycles. The average Bonchev–Trinajstić information content (AvgIpc) is 3.27. The predicted molar refractivity (Wildman–Crippen MR) is 132 cm³/mol. The lowest BCUT2D eigenvalue weighted by atomic mass is 9.83. The summed E-state index contributed by atoms with van der Waals surface area (Å²) in [4.78, 5) is 41.0. The molecule has 188 valence electrons. The minimum absolute atomic E-state index is 0.0961. The standard InChI is InChI=1S/C26H46N4O3/c1-5-8-15-28-24(31)18(4)21(12-6-2)29-25(32)22-16-19(7-3)17-30(22)26(33)23(27)20-13-10-9-11-14-20/h19-23H,4-17,27H2,1-3H3,(H,28,31)(H,29,32)/t19-,21?,22?,23?/m1/s1. The molecule has 0 spiro atoms. The predicted octanol–water partition coefficient (Wildman–Crippen LogP) is 3.28. The van der Waals surface area contributed by atoms with Crippen molar-refractivity contribution in [2.24, 2.45) is 17.6 Å². The molecule has 7 nitrogen and oxygen atoms in total. The van der Waals surface area contributed by atoms with Crippen molar-refractivity contribution in [3.8, 4) is 0 Å². The molecule has 1 aliphatic carbocycles. The van der Waals surface area contributed by atoms with E-state index in [4.69, 9.17) is 5.73 Å². The Kier molecular flexibility index (Phi) is 11.4. The SMILES string of the molecule is C=C(C(=O)NCCCC)C(CCC)NC(=O)C1C[C@@H](CC)CN1C(=O)C(N)C1CCCCC1. The van der Waals surface area contributed by atoms with E-state index >= 15 is 0 Å². The second-order valence-corrected chi connectivity index (χ2v) is 9.92. The number of carbonyl (C=O) groups excluding carboxylic acids is 3. The van der Waals surface area contributed by atoms with Gasteiger partial charge in [0.1, 0.15) is 6.04 Å². The van der Waals surface area contributed by atoms with Crippen molar-refractivity contribution in [3.63, 3.8) is 0 Å². The first-order chi connectivity index (χ1) is 15.8. The largest absolute Gasteiger partial charge is 0.352 e. The van der Waals surface area contributed by atoms with E-state index < -0.39 is 18.1 Å². The molecule has 0 bridgehead atoms. The van der Waals surface area contributed by atoms with E-state index in [0.29, 0.717) is 31.5 Å². The van der Waals surface area contributed by atoms with Gasteiger partial charge in [-0.05, 0) is 43.9 Å². The van der Waals surface area contributed by atoms with E-state index in [-0.39, 0.29) is 29.6 Å². The van der Waals surface area contributed by atoms with E-state index in [9.17, 15) is 14.4 Å². The van der Waals surface area contributed by atoms with Gasteiger partial charge in [0.05, 0.1) is 12.1 Å². The maximum atomic E-state index is 13.4. The van der Waals surface area contributed by atoms with Crippen LogP contribution in [0.5, 0.6) is 0 Å². The van der Waals surface area contributed by atoms with Gasteiger partial charge >= 0.3 is 0 Å². The first-order valence-corrected chi connectivity index (χ1v) is 13.2. The first kappa shape index (κ1) is 27.4. The Morgan fingerprint density at radius 1 is 1.09 bits per heavy atom.